The molecule has 1 amide bonds. The number of para-hydroxylation sites is 2. The molecule has 0 aliphatic heterocycles. The molecule has 2 aromatic heterocycles. The zero-order valence-electron chi connectivity index (χ0n) is 14.8. The Balaban J connectivity index is 1.83. The Kier molecular flexibility index (Phi) is 5.81. The topological polar surface area (TPSA) is 57.8 Å². The number of aromatic nitrogens is 2. The van der Waals surface area contributed by atoms with Gasteiger partial charge in [-0.3, -0.25) is 4.79 Å². The molecule has 2 heterocycles. The molecule has 0 aliphatic rings. The number of imidazole rings is 1. The average molecular weight is 374 g/mol. The Labute approximate surface area is 156 Å². The third-order valence-corrected chi connectivity index (χ3v) is 6.01. The first-order valence-corrected chi connectivity index (χ1v) is 10.7. The Hall–Kier alpha value is -1.79. The number of hydrogen-bond acceptors (Lipinski definition) is 4. The Bertz CT molecular complexity index is 836. The summed E-state index contributed by atoms with van der Waals surface area (Å²) >= 11 is 3.34. The van der Waals surface area contributed by atoms with Gasteiger partial charge in [0, 0.05) is 4.88 Å². The van der Waals surface area contributed by atoms with Crippen molar-refractivity contribution in [1.82, 2.24) is 15.3 Å². The molecule has 25 heavy (non-hydrogen) atoms. The Morgan fingerprint density at radius 2 is 2.20 bits per heavy atom. The van der Waals surface area contributed by atoms with Gasteiger partial charge >= 0.3 is 0 Å². The number of nitrogens with one attached hydrogen (secondary N) is 2. The molecule has 0 fully saturated rings. The summed E-state index contributed by atoms with van der Waals surface area (Å²) in [4.78, 5) is 22.8. The molecule has 0 spiro atoms. The number of carbonyl (C=O) groups excluding carboxylic acids is 1. The maximum absolute atomic E-state index is 12.7. The molecular weight excluding hydrogens is 350 g/mol. The van der Waals surface area contributed by atoms with Gasteiger partial charge in [-0.05, 0) is 55.5 Å². The molecule has 1 aromatic carbocycles. The molecule has 0 radical (unpaired) electrons. The van der Waals surface area contributed by atoms with Crippen LogP contribution in [0.1, 0.15) is 45.3 Å². The minimum Gasteiger partial charge on any atom is -0.341 e. The van der Waals surface area contributed by atoms with Crippen LogP contribution in [-0.2, 0) is 6.42 Å². The first-order chi connectivity index (χ1) is 12.1. The van der Waals surface area contributed by atoms with Crippen molar-refractivity contribution in [3.8, 4) is 0 Å². The number of benzene rings is 1. The molecule has 4 nitrogen and oxygen atoms in total. The van der Waals surface area contributed by atoms with E-state index in [0.717, 1.165) is 40.3 Å². The normalized spacial score (nSPS) is 12.4. The lowest BCUT2D eigenvalue weighted by Crippen LogP contribution is -2.29. The number of hydrogen-bond donors (Lipinski definition) is 2. The summed E-state index contributed by atoms with van der Waals surface area (Å²) < 4.78 is 0. The molecule has 1 atom stereocenters. The number of H-pyrrole nitrogens is 1. The number of thiophene rings is 1. The lowest BCUT2D eigenvalue weighted by Gasteiger charge is -2.15. The fraction of sp³-hybridized carbons (Fsp3) is 0.368. The minimum atomic E-state index is -0.111. The highest BCUT2D eigenvalue weighted by Crippen LogP contribution is 2.24. The van der Waals surface area contributed by atoms with Gasteiger partial charge in [0.25, 0.3) is 5.91 Å². The number of amides is 1. The van der Waals surface area contributed by atoms with E-state index in [-0.39, 0.29) is 11.9 Å². The van der Waals surface area contributed by atoms with Gasteiger partial charge in [-0.2, -0.15) is 11.8 Å². The standard InChI is InChI=1S/C19H23N3OS2/c1-4-13-11-17(25-12(13)2)19(23)22-16(9-10-24-3)18-20-14-7-5-6-8-15(14)21-18/h5-8,11,16H,4,9-10H2,1-3H3,(H,20,21)(H,22,23)/t16-/m0/s1. The molecule has 0 saturated carbocycles. The van der Waals surface area contributed by atoms with Crippen LogP contribution in [-0.4, -0.2) is 27.9 Å². The lowest BCUT2D eigenvalue weighted by molar-refractivity contribution is 0.0938. The molecule has 0 saturated heterocycles. The van der Waals surface area contributed by atoms with Crippen molar-refractivity contribution in [2.24, 2.45) is 0 Å². The second-order valence-electron chi connectivity index (χ2n) is 5.99. The zero-order valence-corrected chi connectivity index (χ0v) is 16.4. The van der Waals surface area contributed by atoms with Crippen LogP contribution >= 0.6 is 23.1 Å². The van der Waals surface area contributed by atoms with Crippen LogP contribution in [0.15, 0.2) is 30.3 Å². The van der Waals surface area contributed by atoms with E-state index >= 15 is 0 Å². The molecule has 3 aromatic rings. The summed E-state index contributed by atoms with van der Waals surface area (Å²) in [5.41, 5.74) is 3.18. The van der Waals surface area contributed by atoms with Crippen molar-refractivity contribution < 1.29 is 4.79 Å². The molecular formula is C19H23N3OS2. The molecule has 2 N–H and O–H groups in total. The van der Waals surface area contributed by atoms with Gasteiger partial charge in [0.2, 0.25) is 0 Å². The number of aromatic amines is 1. The van der Waals surface area contributed by atoms with E-state index in [1.165, 1.54) is 10.4 Å². The third-order valence-electron chi connectivity index (χ3n) is 4.28. The lowest BCUT2D eigenvalue weighted by atomic mass is 10.2. The van der Waals surface area contributed by atoms with Crippen molar-refractivity contribution in [1.29, 1.82) is 0 Å². The summed E-state index contributed by atoms with van der Waals surface area (Å²) in [5.74, 6) is 1.78. The smallest absolute Gasteiger partial charge is 0.261 e. The van der Waals surface area contributed by atoms with Crippen LogP contribution in [0.3, 0.4) is 0 Å². The summed E-state index contributed by atoms with van der Waals surface area (Å²) in [7, 11) is 0. The number of fused-ring (bicyclic) bond motifs is 1. The highest BCUT2D eigenvalue weighted by atomic mass is 32.2. The summed E-state index contributed by atoms with van der Waals surface area (Å²) in [6.07, 6.45) is 3.88. The first-order valence-electron chi connectivity index (χ1n) is 8.46. The van der Waals surface area contributed by atoms with Crippen molar-refractivity contribution in [3.63, 3.8) is 0 Å². The highest BCUT2D eigenvalue weighted by molar-refractivity contribution is 7.98. The van der Waals surface area contributed by atoms with Crippen LogP contribution in [0.25, 0.3) is 11.0 Å². The van der Waals surface area contributed by atoms with Crippen LogP contribution in [0, 0.1) is 6.92 Å². The van der Waals surface area contributed by atoms with Gasteiger partial charge in [0.15, 0.2) is 0 Å². The molecule has 6 heteroatoms. The maximum Gasteiger partial charge on any atom is 0.261 e. The Morgan fingerprint density at radius 3 is 2.88 bits per heavy atom. The summed E-state index contributed by atoms with van der Waals surface area (Å²) in [6.45, 7) is 4.19. The van der Waals surface area contributed by atoms with Crippen LogP contribution in [0.4, 0.5) is 0 Å². The van der Waals surface area contributed by atoms with Gasteiger partial charge in [-0.1, -0.05) is 19.1 Å². The number of thioether (sulfide) groups is 1. The largest absolute Gasteiger partial charge is 0.341 e. The predicted octanol–water partition coefficient (Wildman–Crippen LogP) is 4.72. The van der Waals surface area contributed by atoms with Gasteiger partial charge in [0.05, 0.1) is 22.0 Å². The van der Waals surface area contributed by atoms with Gasteiger partial charge in [-0.15, -0.1) is 11.3 Å². The molecule has 3 rings (SSSR count). The second-order valence-corrected chi connectivity index (χ2v) is 8.23. The van der Waals surface area contributed by atoms with E-state index in [2.05, 4.69) is 35.4 Å². The van der Waals surface area contributed by atoms with Crippen molar-refractivity contribution in [3.05, 3.63) is 51.5 Å². The van der Waals surface area contributed by atoms with Crippen LogP contribution in [0.5, 0.6) is 0 Å². The fourth-order valence-corrected chi connectivity index (χ4v) is 4.35. The van der Waals surface area contributed by atoms with E-state index in [4.69, 9.17) is 0 Å². The number of aryl methyl sites for hydroxylation is 2. The number of carbonyl (C=O) groups is 1. The van der Waals surface area contributed by atoms with Crippen LogP contribution < -0.4 is 5.32 Å². The summed E-state index contributed by atoms with van der Waals surface area (Å²) in [5, 5.41) is 3.17. The van der Waals surface area contributed by atoms with E-state index < -0.39 is 0 Å². The Morgan fingerprint density at radius 1 is 1.40 bits per heavy atom. The van der Waals surface area contributed by atoms with Crippen molar-refractivity contribution >= 4 is 40.0 Å². The monoisotopic (exact) mass is 373 g/mol. The van der Waals surface area contributed by atoms with E-state index in [0.29, 0.717) is 0 Å². The van der Waals surface area contributed by atoms with Gasteiger partial charge in [-0.25, -0.2) is 4.98 Å². The quantitative estimate of drug-likeness (QED) is 0.630. The average Bonchev–Trinajstić information content (AvgIpc) is 3.21. The van der Waals surface area contributed by atoms with Gasteiger partial charge in [0.1, 0.15) is 5.82 Å². The zero-order chi connectivity index (χ0) is 17.8. The molecule has 0 unspecified atom stereocenters. The van der Waals surface area contributed by atoms with Crippen molar-refractivity contribution in [2.75, 3.05) is 12.0 Å². The molecule has 132 valence electrons. The molecule has 0 bridgehead atoms. The molecule has 0 aliphatic carbocycles. The van der Waals surface area contributed by atoms with Crippen molar-refractivity contribution in [2.45, 2.75) is 32.7 Å². The van der Waals surface area contributed by atoms with Crippen LogP contribution in [0.2, 0.25) is 0 Å². The highest BCUT2D eigenvalue weighted by Gasteiger charge is 2.20. The van der Waals surface area contributed by atoms with Gasteiger partial charge < -0.3 is 10.3 Å². The third kappa shape index (κ3) is 4.07. The summed E-state index contributed by atoms with van der Waals surface area (Å²) in [6, 6.07) is 9.86. The van der Waals surface area contributed by atoms with E-state index in [1.54, 1.807) is 23.1 Å². The fourth-order valence-electron chi connectivity index (χ4n) is 2.86. The minimum absolute atomic E-state index is 0.0145. The number of nitrogens with zero attached hydrogens (tertiary/aromatic N) is 1. The number of rotatable bonds is 7. The second kappa shape index (κ2) is 8.06. The SMILES string of the molecule is CCc1cc(C(=O)N[C@@H](CCSC)c2nc3ccccc3[nH]2)sc1C. The maximum atomic E-state index is 12.7. The van der Waals surface area contributed by atoms with E-state index in [1.807, 2.05) is 30.3 Å². The predicted molar refractivity (Wildman–Crippen MR) is 108 cm³/mol. The first kappa shape index (κ1) is 18.0. The van der Waals surface area contributed by atoms with E-state index in [9.17, 15) is 4.79 Å².